The van der Waals surface area contributed by atoms with Gasteiger partial charge < -0.3 is 34.3 Å². The van der Waals surface area contributed by atoms with Gasteiger partial charge in [-0.1, -0.05) is 18.2 Å². The number of aromatic nitrogens is 2. The number of pyridine rings is 1. The fourth-order valence-corrected chi connectivity index (χ4v) is 5.36. The zero-order valence-electron chi connectivity index (χ0n) is 22.7. The Balaban J connectivity index is 1.66. The molecule has 2 atom stereocenters. The topological polar surface area (TPSA) is 107 Å². The predicted octanol–water partition coefficient (Wildman–Crippen LogP) is 4.43. The molecule has 0 unspecified atom stereocenters. The van der Waals surface area contributed by atoms with Crippen LogP contribution in [0.2, 0.25) is 0 Å². The number of carbonyl (C=O) groups is 2. The minimum Gasteiger partial charge on any atom is -0.495 e. The summed E-state index contributed by atoms with van der Waals surface area (Å²) >= 11 is 5.90. The number of nitrogens with zero attached hydrogens (tertiary/aromatic N) is 3. The molecule has 0 aliphatic carbocycles. The van der Waals surface area contributed by atoms with E-state index in [0.29, 0.717) is 33.5 Å². The molecule has 41 heavy (non-hydrogen) atoms. The molecule has 1 amide bonds. The van der Waals surface area contributed by atoms with Gasteiger partial charge in [0.1, 0.15) is 18.4 Å². The summed E-state index contributed by atoms with van der Waals surface area (Å²) in [6, 6.07) is 21.6. The third-order valence-corrected chi connectivity index (χ3v) is 7.08. The molecular weight excluding hydrogens is 542 g/mol. The highest BCUT2D eigenvalue weighted by Crippen LogP contribution is 2.44. The number of hydrogen-bond donors (Lipinski definition) is 2. The molecule has 10 nitrogen and oxygen atoms in total. The van der Waals surface area contributed by atoms with Gasteiger partial charge in [-0.2, -0.15) is 0 Å². The molecule has 1 fully saturated rings. The highest BCUT2D eigenvalue weighted by molar-refractivity contribution is 7.80. The molecule has 5 rings (SSSR count). The first-order chi connectivity index (χ1) is 20.0. The number of benzene rings is 2. The Bertz CT molecular complexity index is 1570. The van der Waals surface area contributed by atoms with E-state index in [1.165, 1.54) is 21.3 Å². The van der Waals surface area contributed by atoms with Crippen molar-refractivity contribution in [3.8, 4) is 11.4 Å². The van der Waals surface area contributed by atoms with Crippen LogP contribution in [0, 0.1) is 0 Å². The predicted molar refractivity (Wildman–Crippen MR) is 159 cm³/mol. The van der Waals surface area contributed by atoms with Gasteiger partial charge >= 0.3 is 5.97 Å². The van der Waals surface area contributed by atoms with E-state index < -0.39 is 12.0 Å². The summed E-state index contributed by atoms with van der Waals surface area (Å²) in [4.78, 5) is 31.7. The second-order valence-electron chi connectivity index (χ2n) is 9.17. The molecule has 1 aliphatic heterocycles. The van der Waals surface area contributed by atoms with Crippen LogP contribution in [0.25, 0.3) is 5.69 Å². The monoisotopic (exact) mass is 571 g/mol. The van der Waals surface area contributed by atoms with Crippen LogP contribution in [0.5, 0.6) is 5.75 Å². The van der Waals surface area contributed by atoms with Gasteiger partial charge in [0.25, 0.3) is 0 Å². The van der Waals surface area contributed by atoms with Crippen LogP contribution in [-0.2, 0) is 14.3 Å². The van der Waals surface area contributed by atoms with E-state index in [-0.39, 0.29) is 18.6 Å². The van der Waals surface area contributed by atoms with Gasteiger partial charge in [0, 0.05) is 30.9 Å². The summed E-state index contributed by atoms with van der Waals surface area (Å²) in [7, 11) is 4.35. The second kappa shape index (κ2) is 12.2. The lowest BCUT2D eigenvalue weighted by atomic mass is 10.00. The smallest absolute Gasteiger partial charge is 0.339 e. The standard InChI is InChI=1S/C30H29N5O5S/c1-38-18-26(36)32-22-17-19(13-14-25(22)39-2)35-28(27(33-30(35)41)21-10-6-7-15-31-21)24-12-8-16-34(24)23-11-5-4-9-20(23)29(37)40-3/h4-17,27-28H,18H2,1-3H3,(H,32,36)(H,33,41)/t27-,28-/m1/s1. The highest BCUT2D eigenvalue weighted by Gasteiger charge is 2.42. The van der Waals surface area contributed by atoms with Gasteiger partial charge in [-0.15, -0.1) is 0 Å². The van der Waals surface area contributed by atoms with Gasteiger partial charge in [-0.25, -0.2) is 4.79 Å². The van der Waals surface area contributed by atoms with Gasteiger partial charge in [0.2, 0.25) is 5.91 Å². The van der Waals surface area contributed by atoms with Gasteiger partial charge in [0.15, 0.2) is 5.11 Å². The fourth-order valence-electron chi connectivity index (χ4n) is 5.02. The lowest BCUT2D eigenvalue weighted by molar-refractivity contribution is -0.119. The third-order valence-electron chi connectivity index (χ3n) is 6.76. The van der Waals surface area contributed by atoms with Gasteiger partial charge in [-0.3, -0.25) is 9.78 Å². The maximum atomic E-state index is 12.7. The molecule has 2 N–H and O–H groups in total. The van der Waals surface area contributed by atoms with E-state index in [4.69, 9.17) is 26.4 Å². The molecule has 2 aromatic carbocycles. The van der Waals surface area contributed by atoms with Crippen molar-refractivity contribution in [3.63, 3.8) is 0 Å². The Morgan fingerprint density at radius 3 is 2.56 bits per heavy atom. The first kappa shape index (κ1) is 27.8. The maximum absolute atomic E-state index is 12.7. The van der Waals surface area contributed by atoms with E-state index in [9.17, 15) is 9.59 Å². The van der Waals surface area contributed by atoms with Crippen LogP contribution in [0.4, 0.5) is 11.4 Å². The summed E-state index contributed by atoms with van der Waals surface area (Å²) < 4.78 is 17.5. The van der Waals surface area contributed by atoms with Gasteiger partial charge in [-0.05, 0) is 66.8 Å². The van der Waals surface area contributed by atoms with Crippen molar-refractivity contribution >= 4 is 40.6 Å². The fraction of sp³-hybridized carbons (Fsp3) is 0.200. The number of hydrogen-bond acceptors (Lipinski definition) is 7. The van der Waals surface area contributed by atoms with Crippen LogP contribution in [0.15, 0.2) is 85.2 Å². The molecule has 0 bridgehead atoms. The number of thiocarbonyl (C=S) groups is 1. The van der Waals surface area contributed by atoms with Crippen molar-refractivity contribution in [2.24, 2.45) is 0 Å². The molecule has 0 saturated carbocycles. The van der Waals surface area contributed by atoms with E-state index >= 15 is 0 Å². The third kappa shape index (κ3) is 5.49. The Kier molecular flexibility index (Phi) is 8.27. The Morgan fingerprint density at radius 2 is 1.83 bits per heavy atom. The van der Waals surface area contributed by atoms with E-state index in [2.05, 4.69) is 15.6 Å². The van der Waals surface area contributed by atoms with E-state index in [0.717, 1.165) is 11.4 Å². The molecule has 1 aliphatic rings. The first-order valence-electron chi connectivity index (χ1n) is 12.8. The summed E-state index contributed by atoms with van der Waals surface area (Å²) in [5.74, 6) is -0.268. The molecular formula is C30H29N5O5S. The largest absolute Gasteiger partial charge is 0.495 e. The Morgan fingerprint density at radius 1 is 1.02 bits per heavy atom. The molecule has 0 spiro atoms. The SMILES string of the molecule is COCC(=O)Nc1cc(N2C(=S)N[C@H](c3ccccn3)[C@H]2c2cccn2-c2ccccc2C(=O)OC)ccc1OC. The number of anilines is 2. The van der Waals surface area contributed by atoms with Crippen molar-refractivity contribution in [2.75, 3.05) is 38.2 Å². The van der Waals surface area contributed by atoms with Crippen LogP contribution in [-0.4, -0.2) is 54.5 Å². The molecule has 4 aromatic rings. The summed E-state index contributed by atoms with van der Waals surface area (Å²) in [5.41, 5.74) is 3.92. The number of rotatable bonds is 9. The van der Waals surface area contributed by atoms with E-state index in [1.54, 1.807) is 24.4 Å². The summed E-state index contributed by atoms with van der Waals surface area (Å²) in [6.07, 6.45) is 3.64. The van der Waals surface area contributed by atoms with Crippen molar-refractivity contribution in [1.29, 1.82) is 0 Å². The average Bonchev–Trinajstić information content (AvgIpc) is 3.61. The van der Waals surface area contributed by atoms with Crippen molar-refractivity contribution in [3.05, 3.63) is 102 Å². The molecule has 210 valence electrons. The van der Waals surface area contributed by atoms with Crippen LogP contribution < -0.4 is 20.3 Å². The molecule has 3 heterocycles. The number of carbonyl (C=O) groups excluding carboxylic acids is 2. The van der Waals surface area contributed by atoms with Crippen molar-refractivity contribution < 1.29 is 23.8 Å². The first-order valence-corrected chi connectivity index (χ1v) is 13.2. The normalized spacial score (nSPS) is 16.3. The molecule has 0 radical (unpaired) electrons. The van der Waals surface area contributed by atoms with Crippen molar-refractivity contribution in [1.82, 2.24) is 14.9 Å². The summed E-state index contributed by atoms with van der Waals surface area (Å²) in [6.45, 7) is -0.103. The average molecular weight is 572 g/mol. The number of esters is 1. The zero-order chi connectivity index (χ0) is 28.9. The Labute approximate surface area is 242 Å². The quantitative estimate of drug-likeness (QED) is 0.223. The molecule has 2 aromatic heterocycles. The Hall–Kier alpha value is -4.74. The minimum atomic E-state index is -0.440. The summed E-state index contributed by atoms with van der Waals surface area (Å²) in [5, 5.41) is 6.77. The molecule has 1 saturated heterocycles. The number of nitrogens with one attached hydrogen (secondary N) is 2. The lowest BCUT2D eigenvalue weighted by Crippen LogP contribution is -2.30. The lowest BCUT2D eigenvalue weighted by Gasteiger charge is -2.29. The number of methoxy groups -OCH3 is 3. The molecule has 11 heteroatoms. The number of amides is 1. The number of ether oxygens (including phenoxy) is 3. The number of para-hydroxylation sites is 1. The van der Waals surface area contributed by atoms with Crippen LogP contribution in [0.1, 0.15) is 33.8 Å². The maximum Gasteiger partial charge on any atom is 0.339 e. The highest BCUT2D eigenvalue weighted by atomic mass is 32.1. The van der Waals surface area contributed by atoms with Gasteiger partial charge in [0.05, 0.1) is 42.9 Å². The van der Waals surface area contributed by atoms with E-state index in [1.807, 2.05) is 70.3 Å². The van der Waals surface area contributed by atoms with Crippen LogP contribution in [0.3, 0.4) is 0 Å². The zero-order valence-corrected chi connectivity index (χ0v) is 23.6. The van der Waals surface area contributed by atoms with Crippen molar-refractivity contribution in [2.45, 2.75) is 12.1 Å². The van der Waals surface area contributed by atoms with Crippen LogP contribution >= 0.6 is 12.2 Å². The second-order valence-corrected chi connectivity index (χ2v) is 9.56. The minimum absolute atomic E-state index is 0.103.